The zero-order chi connectivity index (χ0) is 9.84. The van der Waals surface area contributed by atoms with Crippen molar-refractivity contribution in [2.24, 2.45) is 0 Å². The van der Waals surface area contributed by atoms with Gasteiger partial charge in [0.1, 0.15) is 5.75 Å². The second kappa shape index (κ2) is 4.49. The van der Waals surface area contributed by atoms with Crippen LogP contribution in [0.3, 0.4) is 0 Å². The third-order valence-electron chi connectivity index (χ3n) is 1.89. The Bertz CT molecular complexity index is 286. The monoisotopic (exact) mass is 200 g/mol. The van der Waals surface area contributed by atoms with Gasteiger partial charge in [-0.25, -0.2) is 0 Å². The standard InChI is InChI=1S/C10H13ClO2/c1-7-3-4-10(13-2)8(5-7)9(12)6-11/h3-5,9,12H,6H2,1-2H3/t9-/m1/s1. The van der Waals surface area contributed by atoms with Crippen LogP contribution >= 0.6 is 11.6 Å². The van der Waals surface area contributed by atoms with E-state index in [1.807, 2.05) is 25.1 Å². The first-order chi connectivity index (χ1) is 6.19. The molecule has 0 aliphatic heterocycles. The molecule has 0 radical (unpaired) electrons. The van der Waals surface area contributed by atoms with E-state index >= 15 is 0 Å². The summed E-state index contributed by atoms with van der Waals surface area (Å²) in [5.41, 5.74) is 1.83. The molecule has 0 heterocycles. The Hall–Kier alpha value is -0.730. The first-order valence-corrected chi connectivity index (χ1v) is 4.61. The molecule has 1 N–H and O–H groups in total. The van der Waals surface area contributed by atoms with Crippen LogP contribution in [0.25, 0.3) is 0 Å². The predicted molar refractivity (Wildman–Crippen MR) is 53.4 cm³/mol. The van der Waals surface area contributed by atoms with Gasteiger partial charge in [0.05, 0.1) is 19.1 Å². The van der Waals surface area contributed by atoms with Crippen molar-refractivity contribution in [1.82, 2.24) is 0 Å². The molecule has 1 aromatic carbocycles. The molecule has 0 saturated heterocycles. The molecule has 2 nitrogen and oxygen atoms in total. The van der Waals surface area contributed by atoms with Gasteiger partial charge in [-0.3, -0.25) is 0 Å². The SMILES string of the molecule is COc1ccc(C)cc1[C@H](O)CCl. The van der Waals surface area contributed by atoms with E-state index in [2.05, 4.69) is 0 Å². The molecule has 0 fully saturated rings. The van der Waals surface area contributed by atoms with Crippen LogP contribution in [0.2, 0.25) is 0 Å². The van der Waals surface area contributed by atoms with Crippen LogP contribution in [0.15, 0.2) is 18.2 Å². The van der Waals surface area contributed by atoms with Crippen LogP contribution in [0.5, 0.6) is 5.75 Å². The molecule has 0 aliphatic rings. The maximum Gasteiger partial charge on any atom is 0.124 e. The minimum atomic E-state index is -0.656. The molecule has 0 saturated carbocycles. The molecule has 0 spiro atoms. The fraction of sp³-hybridized carbons (Fsp3) is 0.400. The van der Waals surface area contributed by atoms with Crippen LogP contribution in [-0.2, 0) is 0 Å². The first kappa shape index (κ1) is 10.4. The van der Waals surface area contributed by atoms with Crippen molar-refractivity contribution in [1.29, 1.82) is 0 Å². The Labute approximate surface area is 83.1 Å². The second-order valence-corrected chi connectivity index (χ2v) is 3.22. The predicted octanol–water partition coefficient (Wildman–Crippen LogP) is 2.28. The topological polar surface area (TPSA) is 29.5 Å². The fourth-order valence-corrected chi connectivity index (χ4v) is 1.36. The van der Waals surface area contributed by atoms with Crippen LogP contribution in [-0.4, -0.2) is 18.1 Å². The number of halogens is 1. The summed E-state index contributed by atoms with van der Waals surface area (Å²) < 4.78 is 5.10. The van der Waals surface area contributed by atoms with Gasteiger partial charge in [0.2, 0.25) is 0 Å². The Morgan fingerprint density at radius 1 is 1.54 bits per heavy atom. The summed E-state index contributed by atoms with van der Waals surface area (Å²) in [5, 5.41) is 9.55. The molecule has 0 unspecified atom stereocenters. The molecule has 3 heteroatoms. The summed E-state index contributed by atoms with van der Waals surface area (Å²) in [6.45, 7) is 1.96. The first-order valence-electron chi connectivity index (χ1n) is 4.07. The van der Waals surface area contributed by atoms with Crippen molar-refractivity contribution in [3.8, 4) is 5.75 Å². The van der Waals surface area contributed by atoms with Gasteiger partial charge in [0, 0.05) is 5.56 Å². The lowest BCUT2D eigenvalue weighted by atomic mass is 10.1. The molecule has 72 valence electrons. The van der Waals surface area contributed by atoms with E-state index in [9.17, 15) is 5.11 Å². The highest BCUT2D eigenvalue weighted by Gasteiger charge is 2.11. The Kier molecular flexibility index (Phi) is 3.58. The number of aryl methyl sites for hydroxylation is 1. The molecular formula is C10H13ClO2. The highest BCUT2D eigenvalue weighted by molar-refractivity contribution is 6.18. The van der Waals surface area contributed by atoms with Crippen molar-refractivity contribution < 1.29 is 9.84 Å². The quantitative estimate of drug-likeness (QED) is 0.759. The van der Waals surface area contributed by atoms with E-state index in [0.29, 0.717) is 5.75 Å². The van der Waals surface area contributed by atoms with Gasteiger partial charge in [0.15, 0.2) is 0 Å². The molecule has 1 atom stereocenters. The molecule has 0 amide bonds. The van der Waals surface area contributed by atoms with E-state index < -0.39 is 6.10 Å². The van der Waals surface area contributed by atoms with E-state index in [0.717, 1.165) is 11.1 Å². The molecule has 1 aromatic rings. The van der Waals surface area contributed by atoms with Crippen molar-refractivity contribution in [2.75, 3.05) is 13.0 Å². The fourth-order valence-electron chi connectivity index (χ4n) is 1.20. The summed E-state index contributed by atoms with van der Waals surface area (Å²) >= 11 is 5.56. The van der Waals surface area contributed by atoms with Crippen LogP contribution in [0.4, 0.5) is 0 Å². The van der Waals surface area contributed by atoms with E-state index in [4.69, 9.17) is 16.3 Å². The molecule has 0 aliphatic carbocycles. The summed E-state index contributed by atoms with van der Waals surface area (Å²) in [4.78, 5) is 0. The molecule has 0 bridgehead atoms. The van der Waals surface area contributed by atoms with Crippen LogP contribution < -0.4 is 4.74 Å². The maximum absolute atomic E-state index is 9.55. The van der Waals surface area contributed by atoms with Crippen LogP contribution in [0, 0.1) is 6.92 Å². The number of methoxy groups -OCH3 is 1. The number of hydrogen-bond acceptors (Lipinski definition) is 2. The van der Waals surface area contributed by atoms with Gasteiger partial charge in [-0.2, -0.15) is 0 Å². The third-order valence-corrected chi connectivity index (χ3v) is 2.18. The van der Waals surface area contributed by atoms with Gasteiger partial charge >= 0.3 is 0 Å². The zero-order valence-electron chi connectivity index (χ0n) is 7.75. The molecule has 1 rings (SSSR count). The zero-order valence-corrected chi connectivity index (χ0v) is 8.51. The highest BCUT2D eigenvalue weighted by atomic mass is 35.5. The third kappa shape index (κ3) is 2.36. The average Bonchev–Trinajstić information content (AvgIpc) is 2.16. The van der Waals surface area contributed by atoms with Crippen molar-refractivity contribution in [3.63, 3.8) is 0 Å². The number of hydrogen-bond donors (Lipinski definition) is 1. The lowest BCUT2D eigenvalue weighted by Crippen LogP contribution is -2.02. The Morgan fingerprint density at radius 2 is 2.23 bits per heavy atom. The maximum atomic E-state index is 9.55. The number of aliphatic hydroxyl groups is 1. The normalized spacial score (nSPS) is 12.6. The smallest absolute Gasteiger partial charge is 0.124 e. The van der Waals surface area contributed by atoms with Gasteiger partial charge in [0.25, 0.3) is 0 Å². The summed E-state index contributed by atoms with van der Waals surface area (Å²) in [7, 11) is 1.58. The Morgan fingerprint density at radius 3 is 2.77 bits per heavy atom. The minimum Gasteiger partial charge on any atom is -0.496 e. The van der Waals surface area contributed by atoms with Crippen LogP contribution in [0.1, 0.15) is 17.2 Å². The van der Waals surface area contributed by atoms with E-state index in [1.165, 1.54) is 0 Å². The molecular weight excluding hydrogens is 188 g/mol. The van der Waals surface area contributed by atoms with Gasteiger partial charge in [-0.15, -0.1) is 11.6 Å². The van der Waals surface area contributed by atoms with Gasteiger partial charge in [-0.1, -0.05) is 11.6 Å². The molecule has 13 heavy (non-hydrogen) atoms. The summed E-state index contributed by atoms with van der Waals surface area (Å²) in [6.07, 6.45) is -0.656. The lowest BCUT2D eigenvalue weighted by molar-refractivity contribution is 0.197. The Balaban J connectivity index is 3.07. The van der Waals surface area contributed by atoms with E-state index in [-0.39, 0.29) is 5.88 Å². The van der Waals surface area contributed by atoms with Crippen molar-refractivity contribution >= 4 is 11.6 Å². The number of ether oxygens (including phenoxy) is 1. The highest BCUT2D eigenvalue weighted by Crippen LogP contribution is 2.26. The number of aliphatic hydroxyl groups excluding tert-OH is 1. The minimum absolute atomic E-state index is 0.180. The largest absolute Gasteiger partial charge is 0.496 e. The van der Waals surface area contributed by atoms with Gasteiger partial charge < -0.3 is 9.84 Å². The number of rotatable bonds is 3. The second-order valence-electron chi connectivity index (χ2n) is 2.92. The average molecular weight is 201 g/mol. The van der Waals surface area contributed by atoms with Gasteiger partial charge in [-0.05, 0) is 19.1 Å². The summed E-state index contributed by atoms with van der Waals surface area (Å²) in [6, 6.07) is 5.65. The molecule has 0 aromatic heterocycles. The van der Waals surface area contributed by atoms with Crippen molar-refractivity contribution in [2.45, 2.75) is 13.0 Å². The number of benzene rings is 1. The lowest BCUT2D eigenvalue weighted by Gasteiger charge is -2.12. The van der Waals surface area contributed by atoms with Crippen molar-refractivity contribution in [3.05, 3.63) is 29.3 Å². The van der Waals surface area contributed by atoms with E-state index in [1.54, 1.807) is 7.11 Å². The summed E-state index contributed by atoms with van der Waals surface area (Å²) in [5.74, 6) is 0.860. The number of alkyl halides is 1.